The van der Waals surface area contributed by atoms with Crippen LogP contribution in [-0.4, -0.2) is 20.8 Å². The molecule has 3 nitrogen and oxygen atoms in total. The second-order valence-corrected chi connectivity index (χ2v) is 4.52. The predicted octanol–water partition coefficient (Wildman–Crippen LogP) is 2.19. The van der Waals surface area contributed by atoms with E-state index < -0.39 is 5.60 Å². The number of aromatic hydroxyl groups is 1. The van der Waals surface area contributed by atoms with E-state index in [1.807, 2.05) is 12.1 Å². The van der Waals surface area contributed by atoms with Gasteiger partial charge in [-0.05, 0) is 32.0 Å². The molecular formula is C12H15NO2. The van der Waals surface area contributed by atoms with E-state index in [0.29, 0.717) is 6.42 Å². The number of rotatable bonds is 2. The van der Waals surface area contributed by atoms with Crippen LogP contribution in [0.1, 0.15) is 19.5 Å². The van der Waals surface area contributed by atoms with E-state index in [1.165, 1.54) is 0 Å². The van der Waals surface area contributed by atoms with E-state index in [-0.39, 0.29) is 5.75 Å². The Balaban J connectivity index is 2.44. The molecule has 0 radical (unpaired) electrons. The summed E-state index contributed by atoms with van der Waals surface area (Å²) in [5, 5.41) is 20.1. The molecule has 0 fully saturated rings. The maximum absolute atomic E-state index is 9.68. The highest BCUT2D eigenvalue weighted by Crippen LogP contribution is 2.26. The number of fused-ring (bicyclic) bond motifs is 1. The highest BCUT2D eigenvalue weighted by molar-refractivity contribution is 5.86. The van der Waals surface area contributed by atoms with Gasteiger partial charge in [0.15, 0.2) is 0 Å². The van der Waals surface area contributed by atoms with Gasteiger partial charge in [-0.2, -0.15) is 0 Å². The van der Waals surface area contributed by atoms with Gasteiger partial charge in [0.1, 0.15) is 5.75 Å². The Bertz CT molecular complexity index is 480. The summed E-state index contributed by atoms with van der Waals surface area (Å²) in [6.07, 6.45) is 0.543. The first-order chi connectivity index (χ1) is 6.96. The molecule has 1 aromatic carbocycles. The maximum atomic E-state index is 9.68. The summed E-state index contributed by atoms with van der Waals surface area (Å²) in [6.45, 7) is 3.52. The van der Waals surface area contributed by atoms with Crippen LogP contribution in [0.4, 0.5) is 0 Å². The lowest BCUT2D eigenvalue weighted by atomic mass is 10.0. The summed E-state index contributed by atoms with van der Waals surface area (Å²) < 4.78 is 0. The topological polar surface area (TPSA) is 56.2 Å². The number of aromatic nitrogens is 1. The molecule has 1 aromatic heterocycles. The number of phenols is 1. The normalized spacial score (nSPS) is 12.2. The molecule has 0 aliphatic carbocycles. The highest BCUT2D eigenvalue weighted by Gasteiger charge is 2.15. The third kappa shape index (κ3) is 2.13. The Morgan fingerprint density at radius 1 is 1.33 bits per heavy atom. The molecule has 0 aliphatic rings. The minimum atomic E-state index is -0.740. The van der Waals surface area contributed by atoms with Gasteiger partial charge in [-0.3, -0.25) is 0 Å². The first kappa shape index (κ1) is 10.1. The molecule has 0 saturated carbocycles. The number of aliphatic hydroxyl groups is 1. The van der Waals surface area contributed by atoms with Crippen LogP contribution in [0.5, 0.6) is 5.75 Å². The van der Waals surface area contributed by atoms with Crippen molar-refractivity contribution in [2.75, 3.05) is 0 Å². The van der Waals surface area contributed by atoms with Crippen molar-refractivity contribution in [3.63, 3.8) is 0 Å². The third-order valence-electron chi connectivity index (χ3n) is 2.32. The summed E-state index contributed by atoms with van der Waals surface area (Å²) in [5.74, 6) is 0.269. The van der Waals surface area contributed by atoms with Crippen LogP contribution in [0.2, 0.25) is 0 Å². The maximum Gasteiger partial charge on any atom is 0.124 e. The lowest BCUT2D eigenvalue weighted by Gasteiger charge is -2.15. The summed E-state index contributed by atoms with van der Waals surface area (Å²) in [6, 6.07) is 7.23. The third-order valence-corrected chi connectivity index (χ3v) is 2.32. The van der Waals surface area contributed by atoms with Crippen LogP contribution < -0.4 is 0 Å². The number of nitrogens with one attached hydrogen (secondary N) is 1. The van der Waals surface area contributed by atoms with E-state index in [9.17, 15) is 10.2 Å². The fourth-order valence-corrected chi connectivity index (χ4v) is 1.76. The predicted molar refractivity (Wildman–Crippen MR) is 60.0 cm³/mol. The van der Waals surface area contributed by atoms with Crippen molar-refractivity contribution >= 4 is 10.9 Å². The van der Waals surface area contributed by atoms with Crippen LogP contribution >= 0.6 is 0 Å². The molecule has 0 unspecified atom stereocenters. The first-order valence-corrected chi connectivity index (χ1v) is 4.98. The van der Waals surface area contributed by atoms with Crippen molar-refractivity contribution in [1.29, 1.82) is 0 Å². The van der Waals surface area contributed by atoms with E-state index in [2.05, 4.69) is 4.98 Å². The van der Waals surface area contributed by atoms with Gasteiger partial charge in [0.05, 0.1) is 5.60 Å². The first-order valence-electron chi connectivity index (χ1n) is 4.98. The molecule has 2 aromatic rings. The zero-order valence-electron chi connectivity index (χ0n) is 8.91. The van der Waals surface area contributed by atoms with Gasteiger partial charge in [-0.15, -0.1) is 0 Å². The van der Waals surface area contributed by atoms with Crippen molar-refractivity contribution < 1.29 is 10.2 Å². The van der Waals surface area contributed by atoms with Crippen molar-refractivity contribution in [1.82, 2.24) is 4.98 Å². The number of aromatic amines is 1. The molecule has 1 heterocycles. The molecule has 0 saturated heterocycles. The van der Waals surface area contributed by atoms with E-state index in [0.717, 1.165) is 16.6 Å². The van der Waals surface area contributed by atoms with Crippen LogP contribution in [0.15, 0.2) is 24.3 Å². The number of phenolic OH excluding ortho intramolecular Hbond substituents is 1. The molecule has 0 atom stereocenters. The summed E-state index contributed by atoms with van der Waals surface area (Å²) in [4.78, 5) is 3.17. The van der Waals surface area contributed by atoms with Crippen molar-refractivity contribution in [2.45, 2.75) is 25.9 Å². The molecule has 2 rings (SSSR count). The summed E-state index contributed by atoms with van der Waals surface area (Å²) in [7, 11) is 0. The van der Waals surface area contributed by atoms with Gasteiger partial charge in [-0.25, -0.2) is 0 Å². The van der Waals surface area contributed by atoms with Gasteiger partial charge in [0, 0.05) is 23.0 Å². The van der Waals surface area contributed by atoms with E-state index >= 15 is 0 Å². The average Bonchev–Trinajstić information content (AvgIpc) is 2.45. The van der Waals surface area contributed by atoms with Gasteiger partial charge in [0.25, 0.3) is 0 Å². The minimum Gasteiger partial charge on any atom is -0.507 e. The molecule has 80 valence electrons. The number of hydrogen-bond donors (Lipinski definition) is 3. The molecule has 3 N–H and O–H groups in total. The van der Waals surface area contributed by atoms with Crippen LogP contribution in [0, 0.1) is 0 Å². The zero-order valence-corrected chi connectivity index (χ0v) is 8.91. The van der Waals surface area contributed by atoms with E-state index in [4.69, 9.17) is 0 Å². The largest absolute Gasteiger partial charge is 0.507 e. The zero-order chi connectivity index (χ0) is 11.1. The quantitative estimate of drug-likeness (QED) is 0.703. The summed E-state index contributed by atoms with van der Waals surface area (Å²) in [5.41, 5.74) is 1.09. The Kier molecular flexibility index (Phi) is 2.20. The Hall–Kier alpha value is -1.48. The fourth-order valence-electron chi connectivity index (χ4n) is 1.76. The van der Waals surface area contributed by atoms with Crippen molar-refractivity contribution in [3.05, 3.63) is 30.0 Å². The van der Waals surface area contributed by atoms with E-state index in [1.54, 1.807) is 26.0 Å². The smallest absolute Gasteiger partial charge is 0.124 e. The van der Waals surface area contributed by atoms with Gasteiger partial charge in [0.2, 0.25) is 0 Å². The average molecular weight is 205 g/mol. The second-order valence-electron chi connectivity index (χ2n) is 4.52. The molecular weight excluding hydrogens is 190 g/mol. The van der Waals surface area contributed by atoms with Gasteiger partial charge in [-0.1, -0.05) is 6.07 Å². The number of benzene rings is 1. The monoisotopic (exact) mass is 205 g/mol. The second kappa shape index (κ2) is 3.28. The highest BCUT2D eigenvalue weighted by atomic mass is 16.3. The lowest BCUT2D eigenvalue weighted by molar-refractivity contribution is 0.0801. The molecule has 15 heavy (non-hydrogen) atoms. The van der Waals surface area contributed by atoms with Gasteiger partial charge < -0.3 is 15.2 Å². The molecule has 3 heteroatoms. The fraction of sp³-hybridized carbons (Fsp3) is 0.333. The molecule has 0 bridgehead atoms. The van der Waals surface area contributed by atoms with Crippen LogP contribution in [0.25, 0.3) is 10.9 Å². The number of hydrogen-bond acceptors (Lipinski definition) is 2. The number of H-pyrrole nitrogens is 1. The molecule has 0 spiro atoms. The van der Waals surface area contributed by atoms with Gasteiger partial charge >= 0.3 is 0 Å². The summed E-state index contributed by atoms with van der Waals surface area (Å²) >= 11 is 0. The Morgan fingerprint density at radius 2 is 2.07 bits per heavy atom. The van der Waals surface area contributed by atoms with Crippen LogP contribution in [0.3, 0.4) is 0 Å². The lowest BCUT2D eigenvalue weighted by Crippen LogP contribution is -2.21. The van der Waals surface area contributed by atoms with Crippen molar-refractivity contribution in [2.24, 2.45) is 0 Å². The van der Waals surface area contributed by atoms with Crippen LogP contribution in [-0.2, 0) is 6.42 Å². The SMILES string of the molecule is CC(C)(O)Cc1cc2c(O)cccc2[nH]1. The Morgan fingerprint density at radius 3 is 2.67 bits per heavy atom. The van der Waals surface area contributed by atoms with Crippen molar-refractivity contribution in [3.8, 4) is 5.75 Å². The minimum absolute atomic E-state index is 0.269. The standard InChI is InChI=1S/C12H15NO2/c1-12(2,15)7-8-6-9-10(13-8)4-3-5-11(9)14/h3-6,13-15H,7H2,1-2H3. The Labute approximate surface area is 88.4 Å². The molecule has 0 amide bonds. The molecule has 0 aliphatic heterocycles.